The average molecular weight is 421 g/mol. The number of amides is 1. The predicted octanol–water partition coefficient (Wildman–Crippen LogP) is 4.06. The van der Waals surface area contributed by atoms with Crippen molar-refractivity contribution < 1.29 is 13.2 Å². The Labute approximate surface area is 177 Å². The summed E-state index contributed by atoms with van der Waals surface area (Å²) in [6.45, 7) is 4.02. The largest absolute Gasteiger partial charge is 0.325 e. The summed E-state index contributed by atoms with van der Waals surface area (Å²) in [7, 11) is -3.84. The topological polar surface area (TPSA) is 66.5 Å². The third-order valence-corrected chi connectivity index (χ3v) is 7.29. The van der Waals surface area contributed by atoms with Crippen LogP contribution in [0, 0.1) is 13.8 Å². The maximum absolute atomic E-state index is 13.5. The molecule has 1 aliphatic rings. The van der Waals surface area contributed by atoms with Gasteiger partial charge in [0.05, 0.1) is 4.90 Å². The number of rotatable bonds is 4. The number of fused-ring (bicyclic) bond motifs is 1. The molecule has 0 fully saturated rings. The number of carbonyl (C=O) groups is 1. The smallest absolute Gasteiger partial charge is 0.244 e. The lowest BCUT2D eigenvalue weighted by molar-refractivity contribution is -0.120. The van der Waals surface area contributed by atoms with E-state index in [0.717, 1.165) is 22.3 Å². The number of nitrogens with one attached hydrogen (secondary N) is 1. The highest BCUT2D eigenvalue weighted by atomic mass is 32.2. The third-order valence-electron chi connectivity index (χ3n) is 5.42. The van der Waals surface area contributed by atoms with E-state index in [2.05, 4.69) is 5.32 Å². The van der Waals surface area contributed by atoms with Crippen LogP contribution in [0.1, 0.15) is 22.3 Å². The quantitative estimate of drug-likeness (QED) is 0.692. The summed E-state index contributed by atoms with van der Waals surface area (Å²) in [5.41, 5.74) is 4.58. The lowest BCUT2D eigenvalue weighted by Gasteiger charge is -2.35. The number of nitrogens with zero attached hydrogens (tertiary/aromatic N) is 1. The van der Waals surface area contributed by atoms with E-state index in [1.807, 2.05) is 56.3 Å². The van der Waals surface area contributed by atoms with Crippen LogP contribution in [-0.4, -0.2) is 24.7 Å². The molecule has 0 spiro atoms. The Hall–Kier alpha value is -2.96. The van der Waals surface area contributed by atoms with Gasteiger partial charge >= 0.3 is 0 Å². The first-order valence-electron chi connectivity index (χ1n) is 9.87. The van der Waals surface area contributed by atoms with Crippen molar-refractivity contribution in [3.8, 4) is 0 Å². The monoisotopic (exact) mass is 420 g/mol. The molecular weight excluding hydrogens is 396 g/mol. The van der Waals surface area contributed by atoms with Crippen molar-refractivity contribution in [3.05, 3.63) is 95.1 Å². The molecular formula is C24H24N2O3S. The third kappa shape index (κ3) is 4.01. The second kappa shape index (κ2) is 8.05. The molecule has 0 saturated heterocycles. The minimum atomic E-state index is -3.84. The van der Waals surface area contributed by atoms with Crippen LogP contribution < -0.4 is 5.32 Å². The van der Waals surface area contributed by atoms with E-state index in [0.29, 0.717) is 12.1 Å². The number of aryl methyl sites for hydroxylation is 2. The SMILES string of the molecule is Cc1ccc(S(=O)(=O)N2Cc3ccccc3C[C@@H]2C(=O)Nc2cccc(C)c2)cc1. The normalized spacial score (nSPS) is 16.7. The lowest BCUT2D eigenvalue weighted by atomic mass is 9.95. The van der Waals surface area contributed by atoms with E-state index in [9.17, 15) is 13.2 Å². The van der Waals surface area contributed by atoms with Crippen molar-refractivity contribution >= 4 is 21.6 Å². The number of benzene rings is 3. The molecule has 0 aliphatic carbocycles. The van der Waals surface area contributed by atoms with Crippen LogP contribution in [0.15, 0.2) is 77.7 Å². The van der Waals surface area contributed by atoms with Gasteiger partial charge in [-0.1, -0.05) is 54.1 Å². The number of carbonyl (C=O) groups excluding carboxylic acids is 1. The van der Waals surface area contributed by atoms with Crippen LogP contribution in [0.5, 0.6) is 0 Å². The highest BCUT2D eigenvalue weighted by molar-refractivity contribution is 7.89. The van der Waals surface area contributed by atoms with Gasteiger partial charge in [0.2, 0.25) is 15.9 Å². The van der Waals surface area contributed by atoms with E-state index in [4.69, 9.17) is 0 Å². The molecule has 0 unspecified atom stereocenters. The number of sulfonamides is 1. The molecule has 5 nitrogen and oxygen atoms in total. The van der Waals surface area contributed by atoms with E-state index in [1.54, 1.807) is 30.3 Å². The fraction of sp³-hybridized carbons (Fsp3) is 0.208. The highest BCUT2D eigenvalue weighted by Crippen LogP contribution is 2.30. The van der Waals surface area contributed by atoms with Crippen LogP contribution in [0.25, 0.3) is 0 Å². The van der Waals surface area contributed by atoms with Gasteiger partial charge in [0.15, 0.2) is 0 Å². The molecule has 1 atom stereocenters. The molecule has 0 aromatic heterocycles. The lowest BCUT2D eigenvalue weighted by Crippen LogP contribution is -2.50. The van der Waals surface area contributed by atoms with Gasteiger partial charge in [0, 0.05) is 12.2 Å². The van der Waals surface area contributed by atoms with E-state index >= 15 is 0 Å². The van der Waals surface area contributed by atoms with Crippen molar-refractivity contribution in [3.63, 3.8) is 0 Å². The predicted molar refractivity (Wildman–Crippen MR) is 118 cm³/mol. The van der Waals surface area contributed by atoms with Crippen molar-refractivity contribution in [2.45, 2.75) is 37.8 Å². The summed E-state index contributed by atoms with van der Waals surface area (Å²) in [6, 6.07) is 21.1. The Kier molecular flexibility index (Phi) is 5.45. The standard InChI is InChI=1S/C24H24N2O3S/c1-17-10-12-22(13-11-17)30(28,29)26-16-20-8-4-3-7-19(20)15-23(26)24(27)25-21-9-5-6-18(2)14-21/h3-14,23H,15-16H2,1-2H3,(H,25,27)/t23-/m1/s1. The molecule has 1 heterocycles. The number of anilines is 1. The van der Waals surface area contributed by atoms with Crippen LogP contribution >= 0.6 is 0 Å². The minimum absolute atomic E-state index is 0.165. The van der Waals surface area contributed by atoms with Gasteiger partial charge in [-0.3, -0.25) is 4.79 Å². The van der Waals surface area contributed by atoms with Crippen LogP contribution in [-0.2, 0) is 27.8 Å². The van der Waals surface area contributed by atoms with E-state index in [1.165, 1.54) is 4.31 Å². The van der Waals surface area contributed by atoms with Crippen molar-refractivity contribution in [1.29, 1.82) is 0 Å². The first kappa shape index (κ1) is 20.3. The Bertz CT molecular complexity index is 1190. The van der Waals surface area contributed by atoms with Gasteiger partial charge in [0.25, 0.3) is 0 Å². The average Bonchev–Trinajstić information content (AvgIpc) is 2.73. The van der Waals surface area contributed by atoms with Crippen LogP contribution in [0.2, 0.25) is 0 Å². The van der Waals surface area contributed by atoms with Crippen LogP contribution in [0.3, 0.4) is 0 Å². The molecule has 1 amide bonds. The van der Waals surface area contributed by atoms with Gasteiger partial charge in [-0.25, -0.2) is 8.42 Å². The molecule has 4 rings (SSSR count). The Balaban J connectivity index is 1.71. The summed E-state index contributed by atoms with van der Waals surface area (Å²) in [5, 5.41) is 2.90. The first-order valence-corrected chi connectivity index (χ1v) is 11.3. The fourth-order valence-electron chi connectivity index (χ4n) is 3.77. The molecule has 1 N–H and O–H groups in total. The maximum atomic E-state index is 13.5. The molecule has 0 saturated carbocycles. The van der Waals surface area contributed by atoms with Gasteiger partial charge in [-0.2, -0.15) is 4.31 Å². The summed E-state index contributed by atoms with van der Waals surface area (Å²) < 4.78 is 28.3. The van der Waals surface area contributed by atoms with Gasteiger partial charge < -0.3 is 5.32 Å². The molecule has 0 bridgehead atoms. The molecule has 1 aliphatic heterocycles. The maximum Gasteiger partial charge on any atom is 0.244 e. The molecule has 6 heteroatoms. The molecule has 30 heavy (non-hydrogen) atoms. The summed E-state index contributed by atoms with van der Waals surface area (Å²) >= 11 is 0. The van der Waals surface area contributed by atoms with E-state index in [-0.39, 0.29) is 17.3 Å². The zero-order valence-corrected chi connectivity index (χ0v) is 17.8. The number of hydrogen-bond donors (Lipinski definition) is 1. The van der Waals surface area contributed by atoms with Crippen LogP contribution in [0.4, 0.5) is 5.69 Å². The molecule has 154 valence electrons. The zero-order valence-electron chi connectivity index (χ0n) is 17.0. The fourth-order valence-corrected chi connectivity index (χ4v) is 5.33. The summed E-state index contributed by atoms with van der Waals surface area (Å²) in [5.74, 6) is -0.328. The van der Waals surface area contributed by atoms with Crippen molar-refractivity contribution in [2.75, 3.05) is 5.32 Å². The molecule has 3 aromatic rings. The zero-order chi connectivity index (χ0) is 21.3. The Morgan fingerprint density at radius 1 is 0.900 bits per heavy atom. The summed E-state index contributed by atoms with van der Waals surface area (Å²) in [6.07, 6.45) is 0.332. The van der Waals surface area contributed by atoms with E-state index < -0.39 is 16.1 Å². The van der Waals surface area contributed by atoms with Crippen molar-refractivity contribution in [2.24, 2.45) is 0 Å². The number of hydrogen-bond acceptors (Lipinski definition) is 3. The second-order valence-corrected chi connectivity index (χ2v) is 9.60. The highest BCUT2D eigenvalue weighted by Gasteiger charge is 2.39. The molecule has 3 aromatic carbocycles. The van der Waals surface area contributed by atoms with Gasteiger partial charge in [-0.05, 0) is 61.2 Å². The van der Waals surface area contributed by atoms with Gasteiger partial charge in [-0.15, -0.1) is 0 Å². The molecule has 0 radical (unpaired) electrons. The Morgan fingerprint density at radius 2 is 1.60 bits per heavy atom. The first-order chi connectivity index (χ1) is 14.3. The minimum Gasteiger partial charge on any atom is -0.325 e. The Morgan fingerprint density at radius 3 is 2.30 bits per heavy atom. The second-order valence-electron chi connectivity index (χ2n) is 7.71. The summed E-state index contributed by atoms with van der Waals surface area (Å²) in [4.78, 5) is 13.4. The van der Waals surface area contributed by atoms with Crippen molar-refractivity contribution in [1.82, 2.24) is 4.31 Å². The van der Waals surface area contributed by atoms with Gasteiger partial charge in [0.1, 0.15) is 6.04 Å².